The fourth-order valence-corrected chi connectivity index (χ4v) is 0. The standard InChI is InChI=1S/2Al.6O.Zn.Zr/q2*+3;6*-2;+2;+4. The van der Waals surface area contributed by atoms with E-state index in [0.717, 1.165) is 0 Å². The first kappa shape index (κ1) is 291. The summed E-state index contributed by atoms with van der Waals surface area (Å²) in [5.74, 6) is 0. The average Bonchev–Trinajstić information content (AvgIpc) is 0. The predicted molar refractivity (Wildman–Crippen MR) is 15.6 cm³/mol. The van der Waals surface area contributed by atoms with E-state index in [-0.39, 0.29) is 113 Å². The van der Waals surface area contributed by atoms with E-state index in [4.69, 9.17) is 0 Å². The first-order valence-electron chi connectivity index (χ1n) is 0. The maximum absolute atomic E-state index is 0. The molecule has 0 aliphatic heterocycles. The van der Waals surface area contributed by atoms with Crippen LogP contribution in [-0.2, 0) is 78.5 Å². The molecule has 48 valence electrons. The van der Waals surface area contributed by atoms with Crippen LogP contribution >= 0.6 is 0 Å². The molecule has 10 heteroatoms. The summed E-state index contributed by atoms with van der Waals surface area (Å²) in [5.41, 5.74) is 0. The van der Waals surface area contributed by atoms with Crippen LogP contribution < -0.4 is 0 Å². The summed E-state index contributed by atoms with van der Waals surface area (Å²) in [5, 5.41) is 0. The Labute approximate surface area is 112 Å². The molecule has 0 saturated heterocycles. The summed E-state index contributed by atoms with van der Waals surface area (Å²) in [6, 6.07) is 0. The van der Waals surface area contributed by atoms with Gasteiger partial charge in [0.25, 0.3) is 0 Å². The molecule has 0 rings (SSSR count). The van der Waals surface area contributed by atoms with Crippen LogP contribution in [0.25, 0.3) is 0 Å². The quantitative estimate of drug-likeness (QED) is 0.475. The van der Waals surface area contributed by atoms with Crippen LogP contribution in [0.3, 0.4) is 0 Å². The average molecular weight is 307 g/mol. The van der Waals surface area contributed by atoms with Crippen LogP contribution in [0, 0.1) is 0 Å². The molecule has 10 heavy (non-hydrogen) atoms. The van der Waals surface area contributed by atoms with Gasteiger partial charge in [-0.2, -0.15) is 0 Å². The third-order valence-electron chi connectivity index (χ3n) is 0. The van der Waals surface area contributed by atoms with Crippen molar-refractivity contribution in [1.82, 2.24) is 0 Å². The van der Waals surface area contributed by atoms with Gasteiger partial charge in [0.1, 0.15) is 0 Å². The maximum Gasteiger partial charge on any atom is 4.00 e. The molecule has 0 bridgehead atoms. The molecule has 0 amide bonds. The first-order valence-corrected chi connectivity index (χ1v) is 0. The van der Waals surface area contributed by atoms with Crippen LogP contribution in [0.4, 0.5) is 0 Å². The van der Waals surface area contributed by atoms with Crippen LogP contribution in [0.15, 0.2) is 0 Å². The van der Waals surface area contributed by atoms with Crippen LogP contribution in [0.2, 0.25) is 0 Å². The molecule has 0 atom stereocenters. The molecule has 0 unspecified atom stereocenters. The SMILES string of the molecule is [Al+3].[Al+3].[O-2].[O-2].[O-2].[O-2].[O-2].[O-2].[Zn+2].[Zr+4]. The van der Waals surface area contributed by atoms with E-state index in [1.165, 1.54) is 0 Å². The zero-order valence-electron chi connectivity index (χ0n) is 4.81. The van der Waals surface area contributed by atoms with Crippen molar-refractivity contribution in [1.29, 1.82) is 0 Å². The van der Waals surface area contributed by atoms with E-state index in [9.17, 15) is 0 Å². The second-order valence-electron chi connectivity index (χ2n) is 0. The molecule has 0 spiro atoms. The zero-order chi connectivity index (χ0) is 0. The van der Waals surface area contributed by atoms with E-state index in [0.29, 0.717) is 0 Å². The third kappa shape index (κ3) is 166. The fourth-order valence-electron chi connectivity index (χ4n) is 0. The second kappa shape index (κ2) is 223. The Morgan fingerprint density at radius 2 is 0.400 bits per heavy atom. The second-order valence-corrected chi connectivity index (χ2v) is 0. The molecular weight excluding hydrogens is 307 g/mol. The van der Waals surface area contributed by atoms with E-state index in [1.807, 2.05) is 0 Å². The molecule has 0 aromatic heterocycles. The van der Waals surface area contributed by atoms with Gasteiger partial charge in [0, 0.05) is 0 Å². The first-order chi connectivity index (χ1) is 0. The summed E-state index contributed by atoms with van der Waals surface area (Å²) in [4.78, 5) is 0. The molecule has 0 aromatic carbocycles. The molecule has 0 aliphatic rings. The van der Waals surface area contributed by atoms with Gasteiger partial charge >= 0.3 is 80.4 Å². The van der Waals surface area contributed by atoms with Gasteiger partial charge in [-0.3, -0.25) is 0 Å². The van der Waals surface area contributed by atoms with Crippen molar-refractivity contribution < 1.29 is 78.5 Å². The zero-order valence-corrected chi connectivity index (χ0v) is 12.5. The molecule has 0 fully saturated rings. The molecule has 0 aliphatic carbocycles. The monoisotopic (exact) mass is 304 g/mol. The topological polar surface area (TPSA) is 171 Å². The van der Waals surface area contributed by atoms with E-state index in [1.54, 1.807) is 0 Å². The Hall–Kier alpha value is 2.33. The summed E-state index contributed by atoms with van der Waals surface area (Å²) >= 11 is 0. The molecule has 0 N–H and O–H groups in total. The van der Waals surface area contributed by atoms with Crippen molar-refractivity contribution in [3.8, 4) is 0 Å². The minimum absolute atomic E-state index is 0. The Kier molecular flexibility index (Phi) is 6480. The van der Waals surface area contributed by atoms with Crippen molar-refractivity contribution in [2.45, 2.75) is 0 Å². The summed E-state index contributed by atoms with van der Waals surface area (Å²) in [6.07, 6.45) is 0. The molecule has 0 saturated carbocycles. The van der Waals surface area contributed by atoms with Crippen LogP contribution in [0.1, 0.15) is 0 Å². The van der Waals surface area contributed by atoms with Gasteiger partial charge in [-0.15, -0.1) is 0 Å². The molecule has 0 aromatic rings. The smallest absolute Gasteiger partial charge is 2.00 e. The van der Waals surface area contributed by atoms with E-state index < -0.39 is 0 Å². The summed E-state index contributed by atoms with van der Waals surface area (Å²) < 4.78 is 0. The Morgan fingerprint density at radius 1 is 0.400 bits per heavy atom. The minimum atomic E-state index is 0. The van der Waals surface area contributed by atoms with Gasteiger partial charge < -0.3 is 32.9 Å². The van der Waals surface area contributed by atoms with Gasteiger partial charge in [-0.05, 0) is 0 Å². The van der Waals surface area contributed by atoms with Crippen molar-refractivity contribution in [2.24, 2.45) is 0 Å². The Morgan fingerprint density at radius 3 is 0.400 bits per heavy atom. The van der Waals surface area contributed by atoms with Crippen molar-refractivity contribution in [3.05, 3.63) is 0 Å². The summed E-state index contributed by atoms with van der Waals surface area (Å²) in [6.45, 7) is 0. The number of hydrogen-bond acceptors (Lipinski definition) is 0. The van der Waals surface area contributed by atoms with Crippen molar-refractivity contribution >= 4 is 34.7 Å². The molecule has 0 radical (unpaired) electrons. The van der Waals surface area contributed by atoms with Crippen molar-refractivity contribution in [3.63, 3.8) is 0 Å². The van der Waals surface area contributed by atoms with Crippen LogP contribution in [0.5, 0.6) is 0 Å². The van der Waals surface area contributed by atoms with Gasteiger partial charge in [-0.1, -0.05) is 0 Å². The van der Waals surface area contributed by atoms with Crippen molar-refractivity contribution in [2.75, 3.05) is 0 Å². The number of rotatable bonds is 0. The van der Waals surface area contributed by atoms with E-state index in [2.05, 4.69) is 0 Å². The van der Waals surface area contributed by atoms with Gasteiger partial charge in [0.15, 0.2) is 0 Å². The Balaban J connectivity index is 0. The maximum atomic E-state index is 0. The third-order valence-corrected chi connectivity index (χ3v) is 0. The summed E-state index contributed by atoms with van der Waals surface area (Å²) in [7, 11) is 0. The van der Waals surface area contributed by atoms with Crippen LogP contribution in [-0.4, -0.2) is 34.7 Å². The fraction of sp³-hybridized carbons (Fsp3) is 0. The number of hydrogen-bond donors (Lipinski definition) is 0. The van der Waals surface area contributed by atoms with Gasteiger partial charge in [0.05, 0.1) is 0 Å². The normalized spacial score (nSPS) is 0. The molecule has 6 nitrogen and oxygen atoms in total. The van der Waals surface area contributed by atoms with E-state index >= 15 is 0 Å². The van der Waals surface area contributed by atoms with Gasteiger partial charge in [-0.25, -0.2) is 0 Å². The predicted octanol–water partition coefficient (Wildman–Crippen LogP) is -1.48. The Bertz CT molecular complexity index is 15.7. The van der Waals surface area contributed by atoms with Gasteiger partial charge in [0.2, 0.25) is 0 Å². The minimum Gasteiger partial charge on any atom is -2.00 e. The largest absolute Gasteiger partial charge is 4.00 e. The molecular formula is Al2O6ZnZr. The molecule has 0 heterocycles.